The van der Waals surface area contributed by atoms with E-state index in [1.165, 1.54) is 0 Å². The van der Waals surface area contributed by atoms with Gasteiger partial charge in [-0.15, -0.1) is 0 Å². The average Bonchev–Trinajstić information content (AvgIpc) is 2.63. The minimum atomic E-state index is -0.586. The molecule has 0 saturated heterocycles. The number of pyridine rings is 1. The van der Waals surface area contributed by atoms with Gasteiger partial charge in [-0.3, -0.25) is 10.3 Å². The molecule has 5 heteroatoms. The third-order valence-corrected chi connectivity index (χ3v) is 3.32. The van der Waals surface area contributed by atoms with Gasteiger partial charge in [-0.05, 0) is 12.1 Å². The zero-order valence-electron chi connectivity index (χ0n) is 13.1. The van der Waals surface area contributed by atoms with Gasteiger partial charge in [0.15, 0.2) is 0 Å². The van der Waals surface area contributed by atoms with Crippen LogP contribution in [0.25, 0.3) is 11.3 Å². The number of aromatic nitrogens is 1. The highest BCUT2D eigenvalue weighted by Gasteiger charge is 2.11. The van der Waals surface area contributed by atoms with Crippen molar-refractivity contribution in [2.75, 3.05) is 12.4 Å². The first-order chi connectivity index (χ1) is 11.8. The highest BCUT2D eigenvalue weighted by molar-refractivity contribution is 5.87. The molecule has 24 heavy (non-hydrogen) atoms. The fourth-order valence-corrected chi connectivity index (χ4v) is 2.22. The Hall–Kier alpha value is -3.34. The first-order valence-corrected chi connectivity index (χ1v) is 7.39. The molecule has 0 bridgehead atoms. The molecule has 1 N–H and O–H groups in total. The number of anilines is 1. The molecule has 0 aliphatic carbocycles. The second kappa shape index (κ2) is 7.28. The van der Waals surface area contributed by atoms with E-state index in [2.05, 4.69) is 10.3 Å². The summed E-state index contributed by atoms with van der Waals surface area (Å²) >= 11 is 0. The smallest absolute Gasteiger partial charge is 0.417 e. The van der Waals surface area contributed by atoms with Gasteiger partial charge in [0.2, 0.25) is 0 Å². The fraction of sp³-hybridized carbons (Fsp3) is 0.0526. The van der Waals surface area contributed by atoms with Crippen LogP contribution in [0.2, 0.25) is 0 Å². The standard InChI is InChI=1S/C19H16N2O3/c1-23-17-12-15(13-20-18(17)14-8-4-2-5-9-14)21-19(22)24-16-10-6-3-7-11-16/h2-13H,1H3,(H,21,22). The fourth-order valence-electron chi connectivity index (χ4n) is 2.22. The third-order valence-electron chi connectivity index (χ3n) is 3.32. The van der Waals surface area contributed by atoms with E-state index in [1.54, 1.807) is 43.6 Å². The predicted octanol–water partition coefficient (Wildman–Crippen LogP) is 4.37. The summed E-state index contributed by atoms with van der Waals surface area (Å²) in [5.74, 6) is 1.04. The van der Waals surface area contributed by atoms with Crippen LogP contribution in [-0.4, -0.2) is 18.2 Å². The third kappa shape index (κ3) is 3.70. The Balaban J connectivity index is 1.76. The van der Waals surface area contributed by atoms with E-state index in [1.807, 2.05) is 36.4 Å². The molecule has 1 aromatic heterocycles. The molecule has 1 heterocycles. The lowest BCUT2D eigenvalue weighted by Gasteiger charge is -2.11. The maximum Gasteiger partial charge on any atom is 0.417 e. The van der Waals surface area contributed by atoms with Crippen molar-refractivity contribution in [1.29, 1.82) is 0 Å². The molecule has 0 atom stereocenters. The summed E-state index contributed by atoms with van der Waals surface area (Å²) in [7, 11) is 1.57. The minimum absolute atomic E-state index is 0.468. The molecule has 0 unspecified atom stereocenters. The van der Waals surface area contributed by atoms with Gasteiger partial charge in [0.1, 0.15) is 17.2 Å². The molecular weight excluding hydrogens is 304 g/mol. The summed E-state index contributed by atoms with van der Waals surface area (Å²) in [4.78, 5) is 16.3. The maximum absolute atomic E-state index is 11.9. The van der Waals surface area contributed by atoms with E-state index < -0.39 is 6.09 Å². The SMILES string of the molecule is COc1cc(NC(=O)Oc2ccccc2)cnc1-c1ccccc1. The number of benzene rings is 2. The van der Waals surface area contributed by atoms with Crippen LogP contribution in [0.3, 0.4) is 0 Å². The van der Waals surface area contributed by atoms with Crippen LogP contribution in [0.1, 0.15) is 0 Å². The number of carbonyl (C=O) groups is 1. The highest BCUT2D eigenvalue weighted by Crippen LogP contribution is 2.29. The van der Waals surface area contributed by atoms with Crippen LogP contribution in [0, 0.1) is 0 Å². The van der Waals surface area contributed by atoms with E-state index in [0.29, 0.717) is 22.9 Å². The minimum Gasteiger partial charge on any atom is -0.494 e. The van der Waals surface area contributed by atoms with Crippen LogP contribution in [0.5, 0.6) is 11.5 Å². The summed E-state index contributed by atoms with van der Waals surface area (Å²) < 4.78 is 10.6. The van der Waals surface area contributed by atoms with Crippen LogP contribution in [-0.2, 0) is 0 Å². The van der Waals surface area contributed by atoms with Crippen LogP contribution in [0.4, 0.5) is 10.5 Å². The Bertz CT molecular complexity index is 821. The second-order valence-electron chi connectivity index (χ2n) is 4.97. The number of amides is 1. The number of hydrogen-bond acceptors (Lipinski definition) is 4. The first-order valence-electron chi connectivity index (χ1n) is 7.39. The summed E-state index contributed by atoms with van der Waals surface area (Å²) in [6.07, 6.45) is 0.981. The normalized spacial score (nSPS) is 10.0. The zero-order chi connectivity index (χ0) is 16.8. The number of rotatable bonds is 4. The van der Waals surface area contributed by atoms with Crippen molar-refractivity contribution in [1.82, 2.24) is 4.98 Å². The molecule has 0 radical (unpaired) electrons. The molecule has 2 aromatic carbocycles. The number of para-hydroxylation sites is 1. The second-order valence-corrected chi connectivity index (χ2v) is 4.97. The average molecular weight is 320 g/mol. The maximum atomic E-state index is 11.9. The van der Waals surface area contributed by atoms with E-state index >= 15 is 0 Å². The Kier molecular flexibility index (Phi) is 4.72. The van der Waals surface area contributed by atoms with Gasteiger partial charge in [-0.25, -0.2) is 4.79 Å². The molecule has 1 amide bonds. The van der Waals surface area contributed by atoms with Gasteiger partial charge in [0, 0.05) is 11.6 Å². The Labute approximate surface area is 139 Å². The lowest BCUT2D eigenvalue weighted by molar-refractivity contribution is 0.215. The van der Waals surface area contributed by atoms with E-state index in [9.17, 15) is 4.79 Å². The van der Waals surface area contributed by atoms with E-state index in [-0.39, 0.29) is 0 Å². The molecule has 0 aliphatic heterocycles. The Morgan fingerprint density at radius 2 is 1.67 bits per heavy atom. The number of carbonyl (C=O) groups excluding carboxylic acids is 1. The lowest BCUT2D eigenvalue weighted by Crippen LogP contribution is -2.16. The monoisotopic (exact) mass is 320 g/mol. The molecule has 0 spiro atoms. The summed E-state index contributed by atoms with van der Waals surface area (Å²) in [6, 6.07) is 20.2. The van der Waals surface area contributed by atoms with Crippen molar-refractivity contribution in [2.45, 2.75) is 0 Å². The molecule has 3 rings (SSSR count). The topological polar surface area (TPSA) is 60.5 Å². The molecule has 3 aromatic rings. The number of methoxy groups -OCH3 is 1. The number of nitrogens with one attached hydrogen (secondary N) is 1. The number of ether oxygens (including phenoxy) is 2. The molecular formula is C19H16N2O3. The molecule has 0 saturated carbocycles. The van der Waals surface area contributed by atoms with Crippen molar-refractivity contribution in [3.05, 3.63) is 72.9 Å². The van der Waals surface area contributed by atoms with Crippen LogP contribution < -0.4 is 14.8 Å². The van der Waals surface area contributed by atoms with Crippen molar-refractivity contribution in [3.63, 3.8) is 0 Å². The van der Waals surface area contributed by atoms with Gasteiger partial charge in [0.05, 0.1) is 19.0 Å². The van der Waals surface area contributed by atoms with Crippen molar-refractivity contribution >= 4 is 11.8 Å². The highest BCUT2D eigenvalue weighted by atomic mass is 16.6. The van der Waals surface area contributed by atoms with Crippen LogP contribution >= 0.6 is 0 Å². The summed E-state index contributed by atoms with van der Waals surface area (Å²) in [5.41, 5.74) is 2.14. The van der Waals surface area contributed by atoms with Gasteiger partial charge < -0.3 is 9.47 Å². The number of nitrogens with zero attached hydrogens (tertiary/aromatic N) is 1. The van der Waals surface area contributed by atoms with Crippen molar-refractivity contribution in [3.8, 4) is 22.8 Å². The van der Waals surface area contributed by atoms with Crippen LogP contribution in [0.15, 0.2) is 72.9 Å². The van der Waals surface area contributed by atoms with Gasteiger partial charge >= 0.3 is 6.09 Å². The molecule has 5 nitrogen and oxygen atoms in total. The quantitative estimate of drug-likeness (QED) is 0.775. The van der Waals surface area contributed by atoms with Gasteiger partial charge in [0.25, 0.3) is 0 Å². The Morgan fingerprint density at radius 1 is 1.00 bits per heavy atom. The Morgan fingerprint density at radius 3 is 2.33 bits per heavy atom. The van der Waals surface area contributed by atoms with Gasteiger partial charge in [-0.2, -0.15) is 0 Å². The van der Waals surface area contributed by atoms with Gasteiger partial charge in [-0.1, -0.05) is 48.5 Å². The summed E-state index contributed by atoms with van der Waals surface area (Å²) in [5, 5.41) is 2.64. The predicted molar refractivity (Wildman–Crippen MR) is 92.3 cm³/mol. The van der Waals surface area contributed by atoms with E-state index in [0.717, 1.165) is 5.56 Å². The first kappa shape index (κ1) is 15.6. The molecule has 0 fully saturated rings. The van der Waals surface area contributed by atoms with Crippen molar-refractivity contribution in [2.24, 2.45) is 0 Å². The lowest BCUT2D eigenvalue weighted by atomic mass is 10.1. The van der Waals surface area contributed by atoms with E-state index in [4.69, 9.17) is 9.47 Å². The largest absolute Gasteiger partial charge is 0.494 e. The van der Waals surface area contributed by atoms with Crippen molar-refractivity contribution < 1.29 is 14.3 Å². The molecule has 120 valence electrons. The number of hydrogen-bond donors (Lipinski definition) is 1. The molecule has 0 aliphatic rings. The zero-order valence-corrected chi connectivity index (χ0v) is 13.1. The summed E-state index contributed by atoms with van der Waals surface area (Å²) in [6.45, 7) is 0.